The Labute approximate surface area is 167 Å². The topological polar surface area (TPSA) is 61.4 Å². The number of aryl methyl sites for hydroxylation is 1. The summed E-state index contributed by atoms with van der Waals surface area (Å²) in [7, 11) is 0. The number of hydrogen-bond acceptors (Lipinski definition) is 5. The summed E-state index contributed by atoms with van der Waals surface area (Å²) >= 11 is 0. The minimum absolute atomic E-state index is 0.00233. The van der Waals surface area contributed by atoms with Gasteiger partial charge in [0.05, 0.1) is 0 Å². The summed E-state index contributed by atoms with van der Waals surface area (Å²) in [5, 5.41) is 3.38. The third-order valence-electron chi connectivity index (χ3n) is 6.05. The van der Waals surface area contributed by atoms with Crippen LogP contribution in [0.2, 0.25) is 0 Å². The van der Waals surface area contributed by atoms with E-state index < -0.39 is 0 Å². The summed E-state index contributed by atoms with van der Waals surface area (Å²) in [5.41, 5.74) is 4.38. The molecule has 148 valence electrons. The lowest BCUT2D eigenvalue weighted by atomic mass is 10.1. The van der Waals surface area contributed by atoms with Crippen molar-refractivity contribution in [3.05, 3.63) is 47.3 Å². The molecule has 6 heteroatoms. The van der Waals surface area contributed by atoms with E-state index in [1.165, 1.54) is 29.7 Å². The summed E-state index contributed by atoms with van der Waals surface area (Å²) < 4.78 is 0. The molecule has 28 heavy (non-hydrogen) atoms. The Morgan fingerprint density at radius 2 is 1.82 bits per heavy atom. The van der Waals surface area contributed by atoms with Crippen molar-refractivity contribution in [2.75, 3.05) is 36.4 Å². The third kappa shape index (κ3) is 3.96. The molecule has 1 aromatic carbocycles. The van der Waals surface area contributed by atoms with Gasteiger partial charge in [-0.25, -0.2) is 9.97 Å². The second-order valence-electron chi connectivity index (χ2n) is 7.89. The first-order valence-electron chi connectivity index (χ1n) is 10.3. The van der Waals surface area contributed by atoms with Crippen LogP contribution < -0.4 is 10.2 Å². The monoisotopic (exact) mass is 379 g/mol. The maximum atomic E-state index is 12.9. The molecule has 2 fully saturated rings. The molecule has 1 aromatic heterocycles. The van der Waals surface area contributed by atoms with Crippen molar-refractivity contribution in [3.8, 4) is 0 Å². The maximum absolute atomic E-state index is 12.9. The Kier molecular flexibility index (Phi) is 5.46. The zero-order valence-corrected chi connectivity index (χ0v) is 16.8. The molecule has 1 aliphatic heterocycles. The van der Waals surface area contributed by atoms with E-state index in [9.17, 15) is 4.79 Å². The third-order valence-corrected chi connectivity index (χ3v) is 6.05. The van der Waals surface area contributed by atoms with Crippen LogP contribution in [0.4, 0.5) is 11.6 Å². The van der Waals surface area contributed by atoms with Crippen LogP contribution in [-0.2, 0) is 0 Å². The fourth-order valence-electron chi connectivity index (χ4n) is 4.19. The van der Waals surface area contributed by atoms with Crippen LogP contribution >= 0.6 is 0 Å². The van der Waals surface area contributed by atoms with Crippen molar-refractivity contribution in [1.29, 1.82) is 0 Å². The van der Waals surface area contributed by atoms with E-state index in [0.29, 0.717) is 30.8 Å². The Morgan fingerprint density at radius 1 is 1.07 bits per heavy atom. The van der Waals surface area contributed by atoms with E-state index in [0.717, 1.165) is 25.9 Å². The number of hydrogen-bond donors (Lipinski definition) is 1. The highest BCUT2D eigenvalue weighted by atomic mass is 16.2. The summed E-state index contributed by atoms with van der Waals surface area (Å²) in [5.74, 6) is 0.573. The van der Waals surface area contributed by atoms with E-state index in [4.69, 9.17) is 0 Å². The van der Waals surface area contributed by atoms with E-state index in [-0.39, 0.29) is 5.91 Å². The molecular weight excluding hydrogens is 350 g/mol. The van der Waals surface area contributed by atoms with Gasteiger partial charge in [-0.3, -0.25) is 4.79 Å². The number of carbonyl (C=O) groups excluding carboxylic acids is 1. The van der Waals surface area contributed by atoms with Crippen LogP contribution in [0.25, 0.3) is 0 Å². The van der Waals surface area contributed by atoms with Gasteiger partial charge in [0.2, 0.25) is 5.95 Å². The Balaban J connectivity index is 1.39. The largest absolute Gasteiger partial charge is 0.368 e. The zero-order valence-electron chi connectivity index (χ0n) is 16.8. The molecule has 0 atom stereocenters. The molecule has 2 aliphatic rings. The predicted molar refractivity (Wildman–Crippen MR) is 112 cm³/mol. The van der Waals surface area contributed by atoms with Crippen molar-refractivity contribution in [1.82, 2.24) is 14.9 Å². The first kappa shape index (κ1) is 18.7. The van der Waals surface area contributed by atoms with Crippen molar-refractivity contribution >= 4 is 17.5 Å². The molecular formula is C22H29N5O. The molecule has 2 heterocycles. The van der Waals surface area contributed by atoms with Gasteiger partial charge < -0.3 is 15.1 Å². The smallest absolute Gasteiger partial charge is 0.272 e. The molecule has 0 spiro atoms. The maximum Gasteiger partial charge on any atom is 0.272 e. The van der Waals surface area contributed by atoms with Crippen molar-refractivity contribution in [2.24, 2.45) is 0 Å². The van der Waals surface area contributed by atoms with E-state index in [1.807, 2.05) is 4.90 Å². The normalized spacial score (nSPS) is 17.8. The summed E-state index contributed by atoms with van der Waals surface area (Å²) in [6.07, 6.45) is 6.50. The second-order valence-corrected chi connectivity index (χ2v) is 7.89. The lowest BCUT2D eigenvalue weighted by Gasteiger charge is -2.37. The fourth-order valence-corrected chi connectivity index (χ4v) is 4.19. The van der Waals surface area contributed by atoms with Crippen LogP contribution in [0, 0.1) is 13.8 Å². The van der Waals surface area contributed by atoms with Gasteiger partial charge >= 0.3 is 0 Å². The molecule has 0 unspecified atom stereocenters. The van der Waals surface area contributed by atoms with E-state index in [2.05, 4.69) is 52.2 Å². The number of nitrogens with zero attached hydrogens (tertiary/aromatic N) is 4. The van der Waals surface area contributed by atoms with Gasteiger partial charge in [0.1, 0.15) is 5.69 Å². The fraction of sp³-hybridized carbons (Fsp3) is 0.500. The molecule has 0 bridgehead atoms. The lowest BCUT2D eigenvalue weighted by molar-refractivity contribution is 0.0741. The average molecular weight is 380 g/mol. The van der Waals surface area contributed by atoms with Gasteiger partial charge in [0, 0.05) is 44.1 Å². The Morgan fingerprint density at radius 3 is 2.57 bits per heavy atom. The van der Waals surface area contributed by atoms with Crippen LogP contribution in [0.15, 0.2) is 30.5 Å². The molecule has 2 aromatic rings. The number of piperazine rings is 1. The Hall–Kier alpha value is -2.63. The number of carbonyl (C=O) groups is 1. The predicted octanol–water partition coefficient (Wildman–Crippen LogP) is 3.41. The van der Waals surface area contributed by atoms with Gasteiger partial charge in [-0.2, -0.15) is 0 Å². The minimum atomic E-state index is -0.00233. The molecule has 0 radical (unpaired) electrons. The number of aromatic nitrogens is 2. The van der Waals surface area contributed by atoms with Crippen molar-refractivity contribution in [3.63, 3.8) is 0 Å². The Bertz CT molecular complexity index is 839. The van der Waals surface area contributed by atoms with Gasteiger partial charge in [-0.05, 0) is 49.9 Å². The highest BCUT2D eigenvalue weighted by molar-refractivity contribution is 5.92. The van der Waals surface area contributed by atoms with Crippen LogP contribution in [0.3, 0.4) is 0 Å². The van der Waals surface area contributed by atoms with Gasteiger partial charge in [-0.1, -0.05) is 25.0 Å². The van der Waals surface area contributed by atoms with Crippen LogP contribution in [0.5, 0.6) is 0 Å². The second kappa shape index (κ2) is 8.17. The van der Waals surface area contributed by atoms with E-state index in [1.54, 1.807) is 12.3 Å². The molecule has 1 N–H and O–H groups in total. The minimum Gasteiger partial charge on any atom is -0.368 e. The molecule has 1 aliphatic carbocycles. The van der Waals surface area contributed by atoms with Crippen molar-refractivity contribution in [2.45, 2.75) is 45.6 Å². The molecule has 1 saturated heterocycles. The average Bonchev–Trinajstić information content (AvgIpc) is 3.23. The standard InChI is InChI=1S/C22H29N5O/c1-16-6-5-9-20(17(16)2)26-12-14-27(15-13-26)21(28)19-10-11-23-22(25-19)24-18-7-3-4-8-18/h5-6,9-11,18H,3-4,7-8,12-15H2,1-2H3,(H,23,24,25). The first-order chi connectivity index (χ1) is 13.6. The number of benzene rings is 1. The van der Waals surface area contributed by atoms with E-state index >= 15 is 0 Å². The summed E-state index contributed by atoms with van der Waals surface area (Å²) in [6.45, 7) is 7.42. The van der Waals surface area contributed by atoms with Gasteiger partial charge in [0.25, 0.3) is 5.91 Å². The highest BCUT2D eigenvalue weighted by Crippen LogP contribution is 2.24. The van der Waals surface area contributed by atoms with Gasteiger partial charge in [0.15, 0.2) is 0 Å². The van der Waals surface area contributed by atoms with Crippen LogP contribution in [-0.4, -0.2) is 53.0 Å². The number of rotatable bonds is 4. The van der Waals surface area contributed by atoms with Crippen LogP contribution in [0.1, 0.15) is 47.3 Å². The molecule has 4 rings (SSSR count). The quantitative estimate of drug-likeness (QED) is 0.882. The number of nitrogens with one attached hydrogen (secondary N) is 1. The highest BCUT2D eigenvalue weighted by Gasteiger charge is 2.24. The van der Waals surface area contributed by atoms with Crippen molar-refractivity contribution < 1.29 is 4.79 Å². The zero-order chi connectivity index (χ0) is 19.5. The lowest BCUT2D eigenvalue weighted by Crippen LogP contribution is -2.49. The number of anilines is 2. The summed E-state index contributed by atoms with van der Waals surface area (Å²) in [4.78, 5) is 26.0. The SMILES string of the molecule is Cc1cccc(N2CCN(C(=O)c3ccnc(NC4CCCC4)n3)CC2)c1C. The van der Waals surface area contributed by atoms with Gasteiger partial charge in [-0.15, -0.1) is 0 Å². The first-order valence-corrected chi connectivity index (χ1v) is 10.3. The number of amides is 1. The molecule has 6 nitrogen and oxygen atoms in total. The molecule has 1 saturated carbocycles. The molecule has 1 amide bonds. The summed E-state index contributed by atoms with van der Waals surface area (Å²) in [6, 6.07) is 8.58.